The van der Waals surface area contributed by atoms with Gasteiger partial charge in [0.25, 0.3) is 0 Å². The minimum absolute atomic E-state index is 0.0336. The van der Waals surface area contributed by atoms with Crippen LogP contribution in [0.4, 0.5) is 13.2 Å². The molecule has 2 aromatic heterocycles. The number of alkyl halides is 3. The first-order chi connectivity index (χ1) is 10.3. The molecule has 0 unspecified atom stereocenters. The minimum atomic E-state index is -4.55. The van der Waals surface area contributed by atoms with Crippen molar-refractivity contribution in [3.8, 4) is 5.75 Å². The van der Waals surface area contributed by atoms with Crippen LogP contribution in [0.25, 0.3) is 0 Å². The molecule has 0 amide bonds. The molecular weight excluding hydrogens is 303 g/mol. The lowest BCUT2D eigenvalue weighted by molar-refractivity contribution is -0.144. The predicted molar refractivity (Wildman–Crippen MR) is 68.1 cm³/mol. The van der Waals surface area contributed by atoms with Crippen LogP contribution in [0, 0.1) is 0 Å². The number of carbonyl (C=O) groups excluding carboxylic acids is 1. The maximum absolute atomic E-state index is 12.9. The summed E-state index contributed by atoms with van der Waals surface area (Å²) >= 11 is 0. The summed E-state index contributed by atoms with van der Waals surface area (Å²) in [5, 5.41) is 3.58. The smallest absolute Gasteiger partial charge is 0.433 e. The molecular formula is C13H12F3N3O3. The lowest BCUT2D eigenvalue weighted by atomic mass is 10.2. The van der Waals surface area contributed by atoms with Gasteiger partial charge in [-0.25, -0.2) is 9.78 Å². The third-order valence-electron chi connectivity index (χ3n) is 2.82. The van der Waals surface area contributed by atoms with E-state index in [0.717, 1.165) is 10.9 Å². The van der Waals surface area contributed by atoms with Gasteiger partial charge in [-0.1, -0.05) is 0 Å². The molecule has 0 aliphatic carbocycles. The first-order valence-corrected chi connectivity index (χ1v) is 6.08. The van der Waals surface area contributed by atoms with Gasteiger partial charge in [0.15, 0.2) is 11.4 Å². The third-order valence-corrected chi connectivity index (χ3v) is 2.82. The number of pyridine rings is 1. The second kappa shape index (κ2) is 6.04. The summed E-state index contributed by atoms with van der Waals surface area (Å²) in [6.07, 6.45) is -2.13. The largest absolute Gasteiger partial charge is 0.486 e. The SMILES string of the molecule is COC(=O)c1ncccc1OCc1cnn(C)c1C(F)(F)F. The Hall–Kier alpha value is -2.58. The number of esters is 1. The van der Waals surface area contributed by atoms with E-state index in [2.05, 4.69) is 14.8 Å². The van der Waals surface area contributed by atoms with Crippen LogP contribution >= 0.6 is 0 Å². The molecule has 2 aromatic rings. The van der Waals surface area contributed by atoms with Gasteiger partial charge >= 0.3 is 12.1 Å². The highest BCUT2D eigenvalue weighted by molar-refractivity contribution is 5.90. The van der Waals surface area contributed by atoms with Gasteiger partial charge in [0, 0.05) is 18.8 Å². The molecule has 22 heavy (non-hydrogen) atoms. The van der Waals surface area contributed by atoms with E-state index in [9.17, 15) is 18.0 Å². The fraction of sp³-hybridized carbons (Fsp3) is 0.308. The first-order valence-electron chi connectivity index (χ1n) is 6.08. The monoisotopic (exact) mass is 315 g/mol. The number of carbonyl (C=O) groups is 1. The van der Waals surface area contributed by atoms with Crippen LogP contribution in [0.1, 0.15) is 21.7 Å². The van der Waals surface area contributed by atoms with Gasteiger partial charge in [-0.2, -0.15) is 18.3 Å². The van der Waals surface area contributed by atoms with Gasteiger partial charge in [-0.05, 0) is 12.1 Å². The zero-order valence-electron chi connectivity index (χ0n) is 11.7. The molecule has 0 aliphatic rings. The van der Waals surface area contributed by atoms with Crippen molar-refractivity contribution in [1.82, 2.24) is 14.8 Å². The number of nitrogens with zero attached hydrogens (tertiary/aromatic N) is 3. The van der Waals surface area contributed by atoms with E-state index in [-0.39, 0.29) is 17.0 Å². The molecule has 0 spiro atoms. The lowest BCUT2D eigenvalue weighted by Crippen LogP contribution is -2.15. The number of hydrogen-bond donors (Lipinski definition) is 0. The summed E-state index contributed by atoms with van der Waals surface area (Å²) in [4.78, 5) is 15.3. The van der Waals surface area contributed by atoms with E-state index in [1.807, 2.05) is 0 Å². The zero-order valence-corrected chi connectivity index (χ0v) is 11.7. The molecule has 6 nitrogen and oxygen atoms in total. The van der Waals surface area contributed by atoms with Crippen molar-refractivity contribution < 1.29 is 27.4 Å². The Morgan fingerprint density at radius 2 is 2.14 bits per heavy atom. The van der Waals surface area contributed by atoms with Crippen molar-refractivity contribution in [3.63, 3.8) is 0 Å². The van der Waals surface area contributed by atoms with Crippen molar-refractivity contribution in [1.29, 1.82) is 0 Å². The number of rotatable bonds is 4. The van der Waals surface area contributed by atoms with Crippen LogP contribution in [0.3, 0.4) is 0 Å². The maximum Gasteiger partial charge on any atom is 0.433 e. The first kappa shape index (κ1) is 15.8. The van der Waals surface area contributed by atoms with E-state index in [4.69, 9.17) is 4.74 Å². The van der Waals surface area contributed by atoms with Crippen molar-refractivity contribution in [2.75, 3.05) is 7.11 Å². The average Bonchev–Trinajstić information content (AvgIpc) is 2.85. The van der Waals surface area contributed by atoms with Crippen LogP contribution in [0.2, 0.25) is 0 Å². The molecule has 0 fully saturated rings. The fourth-order valence-corrected chi connectivity index (χ4v) is 1.87. The van der Waals surface area contributed by atoms with Crippen molar-refractivity contribution in [2.45, 2.75) is 12.8 Å². The quantitative estimate of drug-likeness (QED) is 0.809. The van der Waals surface area contributed by atoms with Crippen molar-refractivity contribution >= 4 is 5.97 Å². The van der Waals surface area contributed by atoms with Crippen molar-refractivity contribution in [2.24, 2.45) is 7.05 Å². The van der Waals surface area contributed by atoms with Crippen LogP contribution in [-0.4, -0.2) is 27.8 Å². The second-order valence-electron chi connectivity index (χ2n) is 4.27. The highest BCUT2D eigenvalue weighted by Crippen LogP contribution is 2.32. The highest BCUT2D eigenvalue weighted by Gasteiger charge is 2.37. The Bertz CT molecular complexity index is 683. The molecule has 0 radical (unpaired) electrons. The summed E-state index contributed by atoms with van der Waals surface area (Å²) in [6, 6.07) is 2.92. The summed E-state index contributed by atoms with van der Waals surface area (Å²) in [5.41, 5.74) is -1.16. The van der Waals surface area contributed by atoms with Crippen molar-refractivity contribution in [3.05, 3.63) is 41.5 Å². The normalized spacial score (nSPS) is 11.3. The van der Waals surface area contributed by atoms with Crippen LogP contribution in [0.15, 0.2) is 24.5 Å². The van der Waals surface area contributed by atoms with Gasteiger partial charge in [0.05, 0.1) is 13.3 Å². The Balaban J connectivity index is 2.24. The number of methoxy groups -OCH3 is 1. The molecule has 9 heteroatoms. The average molecular weight is 315 g/mol. The highest BCUT2D eigenvalue weighted by atomic mass is 19.4. The molecule has 0 aliphatic heterocycles. The summed E-state index contributed by atoms with van der Waals surface area (Å²) in [6.45, 7) is -0.404. The molecule has 0 N–H and O–H groups in total. The standard InChI is InChI=1S/C13H12F3N3O3/c1-19-11(13(14,15)16)8(6-18-19)7-22-9-4-3-5-17-10(9)12(20)21-2/h3-6H,7H2,1-2H3. The molecule has 2 heterocycles. The van der Waals surface area contributed by atoms with E-state index in [1.165, 1.54) is 32.5 Å². The predicted octanol–water partition coefficient (Wildman–Crippen LogP) is 2.20. The third kappa shape index (κ3) is 3.18. The van der Waals surface area contributed by atoms with E-state index < -0.39 is 24.4 Å². The maximum atomic E-state index is 12.9. The topological polar surface area (TPSA) is 66.2 Å². The lowest BCUT2D eigenvalue weighted by Gasteiger charge is -2.12. The van der Waals surface area contributed by atoms with E-state index in [1.54, 1.807) is 0 Å². The van der Waals surface area contributed by atoms with Gasteiger partial charge in [0.2, 0.25) is 0 Å². The number of halogens is 3. The number of aromatic nitrogens is 3. The summed E-state index contributed by atoms with van der Waals surface area (Å²) < 4.78 is 49.3. The molecule has 118 valence electrons. The molecule has 0 bridgehead atoms. The van der Waals surface area contributed by atoms with Crippen LogP contribution in [-0.2, 0) is 24.6 Å². The van der Waals surface area contributed by atoms with Crippen LogP contribution in [0.5, 0.6) is 5.75 Å². The van der Waals surface area contributed by atoms with E-state index >= 15 is 0 Å². The molecule has 2 rings (SSSR count). The molecule has 0 saturated carbocycles. The fourth-order valence-electron chi connectivity index (χ4n) is 1.87. The second-order valence-corrected chi connectivity index (χ2v) is 4.27. The summed E-state index contributed by atoms with van der Waals surface area (Å²) in [5.74, 6) is -0.704. The number of ether oxygens (including phenoxy) is 2. The zero-order chi connectivity index (χ0) is 16.3. The van der Waals surface area contributed by atoms with Gasteiger partial charge in [0.1, 0.15) is 12.3 Å². The van der Waals surface area contributed by atoms with Gasteiger partial charge in [-0.3, -0.25) is 4.68 Å². The Morgan fingerprint density at radius 1 is 1.41 bits per heavy atom. The Morgan fingerprint density at radius 3 is 2.77 bits per heavy atom. The molecule has 0 aromatic carbocycles. The summed E-state index contributed by atoms with van der Waals surface area (Å²) in [7, 11) is 2.36. The molecule has 0 atom stereocenters. The number of hydrogen-bond acceptors (Lipinski definition) is 5. The van der Waals surface area contributed by atoms with Gasteiger partial charge < -0.3 is 9.47 Å². The molecule has 0 saturated heterocycles. The minimum Gasteiger partial charge on any atom is -0.486 e. The Kier molecular flexibility index (Phi) is 4.34. The van der Waals surface area contributed by atoms with Crippen LogP contribution < -0.4 is 4.74 Å². The number of aryl methyl sites for hydroxylation is 1. The van der Waals surface area contributed by atoms with E-state index in [0.29, 0.717) is 0 Å². The van der Waals surface area contributed by atoms with Gasteiger partial charge in [-0.15, -0.1) is 0 Å². The Labute approximate surface area is 123 Å².